The number of benzene rings is 2. The molecule has 0 heterocycles. The van der Waals surface area contributed by atoms with Gasteiger partial charge >= 0.3 is 0 Å². The molecule has 0 radical (unpaired) electrons. The van der Waals surface area contributed by atoms with Gasteiger partial charge in [-0.3, -0.25) is 4.79 Å². The Morgan fingerprint density at radius 1 is 0.955 bits per heavy atom. The van der Waals surface area contributed by atoms with Gasteiger partial charge in [0.2, 0.25) is 0 Å². The minimum absolute atomic E-state index is 0.179. The summed E-state index contributed by atoms with van der Waals surface area (Å²) < 4.78 is 0. The van der Waals surface area contributed by atoms with E-state index in [1.165, 1.54) is 6.08 Å². The monoisotopic (exact) mass is 290 g/mol. The summed E-state index contributed by atoms with van der Waals surface area (Å²) in [4.78, 5) is 17.4. The van der Waals surface area contributed by atoms with Gasteiger partial charge in [-0.15, -0.1) is 0 Å². The predicted molar refractivity (Wildman–Crippen MR) is 83.9 cm³/mol. The third kappa shape index (κ3) is 3.98. The second kappa shape index (κ2) is 7.31. The zero-order valence-corrected chi connectivity index (χ0v) is 11.4. The Hall–Kier alpha value is -3.53. The van der Waals surface area contributed by atoms with E-state index in [0.29, 0.717) is 16.9 Å². The zero-order chi connectivity index (χ0) is 15.8. The van der Waals surface area contributed by atoms with Gasteiger partial charge in [-0.2, -0.15) is 0 Å². The van der Waals surface area contributed by atoms with Crippen molar-refractivity contribution in [1.82, 2.24) is 0 Å². The van der Waals surface area contributed by atoms with Crippen LogP contribution in [0.1, 0.15) is 15.9 Å². The molecule has 2 rings (SSSR count). The van der Waals surface area contributed by atoms with E-state index >= 15 is 0 Å². The van der Waals surface area contributed by atoms with Gasteiger partial charge in [-0.1, -0.05) is 58.8 Å². The Labute approximate surface area is 125 Å². The standard InChI is InChI=1S/C15H10N6O/c16-20-18-13-7-5-12(6-8-13)15(22)9-4-11-2-1-3-14(10-11)19-21-17/h1-10H/b9-4+. The maximum atomic E-state index is 12.0. The average molecular weight is 290 g/mol. The van der Waals surface area contributed by atoms with Crippen molar-refractivity contribution in [3.63, 3.8) is 0 Å². The zero-order valence-electron chi connectivity index (χ0n) is 11.4. The lowest BCUT2D eigenvalue weighted by Gasteiger charge is -1.98. The Bertz CT molecular complexity index is 812. The first-order chi connectivity index (χ1) is 10.7. The number of ketones is 1. The number of rotatable bonds is 5. The lowest BCUT2D eigenvalue weighted by atomic mass is 10.1. The largest absolute Gasteiger partial charge is 0.289 e. The molecule has 0 atom stereocenters. The molecule has 2 aromatic carbocycles. The Morgan fingerprint density at radius 2 is 1.64 bits per heavy atom. The van der Waals surface area contributed by atoms with Crippen molar-refractivity contribution >= 4 is 23.2 Å². The Kier molecular flexibility index (Phi) is 4.94. The van der Waals surface area contributed by atoms with Gasteiger partial charge in [0, 0.05) is 26.8 Å². The van der Waals surface area contributed by atoms with Crippen molar-refractivity contribution in [2.75, 3.05) is 0 Å². The van der Waals surface area contributed by atoms with E-state index in [-0.39, 0.29) is 5.78 Å². The topological polar surface area (TPSA) is 115 Å². The van der Waals surface area contributed by atoms with Crippen LogP contribution >= 0.6 is 0 Å². The van der Waals surface area contributed by atoms with E-state index in [0.717, 1.165) is 5.56 Å². The van der Waals surface area contributed by atoms with Gasteiger partial charge in [0.15, 0.2) is 5.78 Å². The highest BCUT2D eigenvalue weighted by Gasteiger charge is 2.01. The third-order valence-corrected chi connectivity index (χ3v) is 2.77. The lowest BCUT2D eigenvalue weighted by Crippen LogP contribution is -1.92. The molecule has 0 spiro atoms. The summed E-state index contributed by atoms with van der Waals surface area (Å²) in [6, 6.07) is 13.2. The van der Waals surface area contributed by atoms with E-state index in [2.05, 4.69) is 20.1 Å². The number of hydrogen-bond donors (Lipinski definition) is 0. The van der Waals surface area contributed by atoms with Crippen LogP contribution in [0.4, 0.5) is 11.4 Å². The van der Waals surface area contributed by atoms with Crippen LogP contribution in [0.3, 0.4) is 0 Å². The van der Waals surface area contributed by atoms with Crippen LogP contribution in [-0.2, 0) is 0 Å². The highest BCUT2D eigenvalue weighted by molar-refractivity contribution is 6.06. The molecule has 0 amide bonds. The van der Waals surface area contributed by atoms with E-state index < -0.39 is 0 Å². The fourth-order valence-corrected chi connectivity index (χ4v) is 1.75. The molecule has 0 aliphatic heterocycles. The van der Waals surface area contributed by atoms with Crippen LogP contribution in [0.5, 0.6) is 0 Å². The molecular formula is C15H10N6O. The van der Waals surface area contributed by atoms with Gasteiger partial charge < -0.3 is 0 Å². The SMILES string of the molecule is [N-]=[N+]=Nc1ccc(C(=O)/C=C/c2cccc(N=[N+]=[N-])c2)cc1. The highest BCUT2D eigenvalue weighted by Crippen LogP contribution is 2.17. The van der Waals surface area contributed by atoms with Crippen molar-refractivity contribution in [2.24, 2.45) is 10.2 Å². The predicted octanol–water partition coefficient (Wildman–Crippen LogP) is 5.47. The second-order valence-electron chi connectivity index (χ2n) is 4.22. The summed E-state index contributed by atoms with van der Waals surface area (Å²) in [7, 11) is 0. The molecule has 0 aromatic heterocycles. The summed E-state index contributed by atoms with van der Waals surface area (Å²) >= 11 is 0. The number of carbonyl (C=O) groups excluding carboxylic acids is 1. The van der Waals surface area contributed by atoms with Crippen molar-refractivity contribution < 1.29 is 4.79 Å². The van der Waals surface area contributed by atoms with E-state index in [4.69, 9.17) is 11.1 Å². The summed E-state index contributed by atoms with van der Waals surface area (Å²) in [6.07, 6.45) is 3.07. The van der Waals surface area contributed by atoms with Crippen LogP contribution < -0.4 is 0 Å². The molecule has 0 aliphatic rings. The molecule has 106 valence electrons. The van der Waals surface area contributed by atoms with Crippen molar-refractivity contribution in [2.45, 2.75) is 0 Å². The fourth-order valence-electron chi connectivity index (χ4n) is 1.75. The minimum atomic E-state index is -0.179. The smallest absolute Gasteiger partial charge is 0.185 e. The molecule has 22 heavy (non-hydrogen) atoms. The van der Waals surface area contributed by atoms with Crippen LogP contribution in [0.2, 0.25) is 0 Å². The first-order valence-electron chi connectivity index (χ1n) is 6.25. The number of allylic oxidation sites excluding steroid dienone is 1. The second-order valence-corrected chi connectivity index (χ2v) is 4.22. The van der Waals surface area contributed by atoms with Crippen molar-refractivity contribution in [1.29, 1.82) is 0 Å². The molecule has 0 bridgehead atoms. The fraction of sp³-hybridized carbons (Fsp3) is 0. The maximum Gasteiger partial charge on any atom is 0.185 e. The lowest BCUT2D eigenvalue weighted by molar-refractivity contribution is 0.104. The molecule has 7 nitrogen and oxygen atoms in total. The number of carbonyl (C=O) groups is 1. The number of hydrogen-bond acceptors (Lipinski definition) is 3. The van der Waals surface area contributed by atoms with Gasteiger partial charge in [0.25, 0.3) is 0 Å². The Balaban J connectivity index is 2.15. The third-order valence-electron chi connectivity index (χ3n) is 2.77. The molecule has 0 saturated heterocycles. The van der Waals surface area contributed by atoms with Crippen LogP contribution in [0, 0.1) is 0 Å². The van der Waals surface area contributed by atoms with Crippen molar-refractivity contribution in [3.8, 4) is 0 Å². The van der Waals surface area contributed by atoms with Gasteiger partial charge in [-0.25, -0.2) is 0 Å². The van der Waals surface area contributed by atoms with E-state index in [1.807, 2.05) is 0 Å². The molecule has 0 fully saturated rings. The molecular weight excluding hydrogens is 280 g/mol. The van der Waals surface area contributed by atoms with Gasteiger partial charge in [0.05, 0.1) is 0 Å². The Morgan fingerprint density at radius 3 is 2.32 bits per heavy atom. The molecule has 0 aliphatic carbocycles. The summed E-state index contributed by atoms with van der Waals surface area (Å²) in [5.74, 6) is -0.179. The summed E-state index contributed by atoms with van der Waals surface area (Å²) in [6.45, 7) is 0. The molecule has 0 unspecified atom stereocenters. The minimum Gasteiger partial charge on any atom is -0.289 e. The number of nitrogens with zero attached hydrogens (tertiary/aromatic N) is 6. The molecule has 2 aromatic rings. The average Bonchev–Trinajstić information content (AvgIpc) is 2.54. The van der Waals surface area contributed by atoms with Crippen molar-refractivity contribution in [3.05, 3.63) is 86.6 Å². The highest BCUT2D eigenvalue weighted by atomic mass is 16.1. The quantitative estimate of drug-likeness (QED) is 0.235. The van der Waals surface area contributed by atoms with Gasteiger partial charge in [0.1, 0.15) is 0 Å². The first kappa shape index (κ1) is 14.9. The van der Waals surface area contributed by atoms with Crippen LogP contribution in [0.15, 0.2) is 64.8 Å². The van der Waals surface area contributed by atoms with Crippen LogP contribution in [-0.4, -0.2) is 5.78 Å². The van der Waals surface area contributed by atoms with Gasteiger partial charge in [-0.05, 0) is 28.8 Å². The number of azide groups is 2. The maximum absolute atomic E-state index is 12.0. The van der Waals surface area contributed by atoms with E-state index in [1.54, 1.807) is 54.6 Å². The summed E-state index contributed by atoms with van der Waals surface area (Å²) in [5.41, 5.74) is 18.9. The molecule has 0 saturated carbocycles. The molecule has 0 N–H and O–H groups in total. The van der Waals surface area contributed by atoms with Crippen LogP contribution in [0.25, 0.3) is 27.0 Å². The molecule has 7 heteroatoms. The normalized spacial score (nSPS) is 9.82. The first-order valence-corrected chi connectivity index (χ1v) is 6.25. The summed E-state index contributed by atoms with van der Waals surface area (Å²) in [5, 5.41) is 6.94. The van der Waals surface area contributed by atoms with E-state index in [9.17, 15) is 4.79 Å².